The summed E-state index contributed by atoms with van der Waals surface area (Å²) in [4.78, 5) is 19.9. The monoisotopic (exact) mass is 439 g/mol. The standard InChI is InChI=1S/C24H27F2N5O/c1-16-18(15-28-31(16)21-8-4-5-11-27-21)23(32)29-22(17-9-10-19(25)20(26)14-17)24(2,3)30-12-6-7-13-30/h4-5,8-11,14-15,22H,6-7,12-13H2,1-3H3,(H,29,32)/t22-/m0/s1. The van der Waals surface area contributed by atoms with Crippen molar-refractivity contribution in [3.8, 4) is 5.82 Å². The molecule has 1 aliphatic heterocycles. The Kier molecular flexibility index (Phi) is 6.06. The van der Waals surface area contributed by atoms with E-state index in [2.05, 4.69) is 20.3 Å². The number of hydrogen-bond acceptors (Lipinski definition) is 4. The van der Waals surface area contributed by atoms with E-state index in [-0.39, 0.29) is 5.91 Å². The van der Waals surface area contributed by atoms with Crippen LogP contribution in [0.4, 0.5) is 8.78 Å². The number of benzene rings is 1. The van der Waals surface area contributed by atoms with Gasteiger partial charge in [-0.15, -0.1) is 0 Å². The van der Waals surface area contributed by atoms with Crippen molar-refractivity contribution in [2.45, 2.75) is 45.2 Å². The molecule has 1 N–H and O–H groups in total. The SMILES string of the molecule is Cc1c(C(=O)N[C@@H](c2ccc(F)c(F)c2)C(C)(C)N2CCCC2)cnn1-c1ccccn1. The molecule has 1 atom stereocenters. The minimum Gasteiger partial charge on any atom is -0.343 e. The molecule has 1 saturated heterocycles. The molecule has 3 heterocycles. The Labute approximate surface area is 186 Å². The van der Waals surface area contributed by atoms with Gasteiger partial charge in [0.15, 0.2) is 17.5 Å². The van der Waals surface area contributed by atoms with E-state index in [0.717, 1.165) is 32.0 Å². The molecule has 1 aromatic carbocycles. The van der Waals surface area contributed by atoms with Crippen molar-refractivity contribution in [2.75, 3.05) is 13.1 Å². The van der Waals surface area contributed by atoms with Crippen LogP contribution < -0.4 is 5.32 Å². The molecule has 1 amide bonds. The van der Waals surface area contributed by atoms with Gasteiger partial charge in [0.05, 0.1) is 23.5 Å². The molecule has 2 aromatic heterocycles. The summed E-state index contributed by atoms with van der Waals surface area (Å²) in [7, 11) is 0. The first-order valence-corrected chi connectivity index (χ1v) is 10.8. The van der Waals surface area contributed by atoms with Gasteiger partial charge < -0.3 is 5.32 Å². The van der Waals surface area contributed by atoms with Crippen LogP contribution in [0.2, 0.25) is 0 Å². The van der Waals surface area contributed by atoms with Crippen LogP contribution in [0, 0.1) is 18.6 Å². The zero-order valence-electron chi connectivity index (χ0n) is 18.5. The fourth-order valence-corrected chi connectivity index (χ4v) is 4.39. The molecule has 0 saturated carbocycles. The maximum absolute atomic E-state index is 14.1. The molecule has 0 bridgehead atoms. The second-order valence-electron chi connectivity index (χ2n) is 8.67. The van der Waals surface area contributed by atoms with Crippen molar-refractivity contribution < 1.29 is 13.6 Å². The van der Waals surface area contributed by atoms with Crippen LogP contribution in [0.5, 0.6) is 0 Å². The van der Waals surface area contributed by atoms with E-state index in [9.17, 15) is 13.6 Å². The third-order valence-electron chi connectivity index (χ3n) is 6.30. The van der Waals surface area contributed by atoms with Gasteiger partial charge >= 0.3 is 0 Å². The third kappa shape index (κ3) is 4.14. The first-order chi connectivity index (χ1) is 15.3. The average molecular weight is 440 g/mol. The number of hydrogen-bond donors (Lipinski definition) is 1. The number of carbonyl (C=O) groups is 1. The normalized spacial score (nSPS) is 15.7. The number of rotatable bonds is 6. The highest BCUT2D eigenvalue weighted by atomic mass is 19.2. The van der Waals surface area contributed by atoms with Crippen LogP contribution in [0.3, 0.4) is 0 Å². The number of carbonyl (C=O) groups excluding carboxylic acids is 1. The lowest BCUT2D eigenvalue weighted by Crippen LogP contribution is -2.52. The number of halogens is 2. The molecule has 1 fully saturated rings. The minimum atomic E-state index is -0.932. The summed E-state index contributed by atoms with van der Waals surface area (Å²) in [5.74, 6) is -1.56. The van der Waals surface area contributed by atoms with E-state index >= 15 is 0 Å². The van der Waals surface area contributed by atoms with Crippen LogP contribution in [-0.4, -0.2) is 44.2 Å². The number of nitrogens with one attached hydrogen (secondary N) is 1. The van der Waals surface area contributed by atoms with E-state index < -0.39 is 23.2 Å². The average Bonchev–Trinajstić information content (AvgIpc) is 3.45. The molecule has 3 aromatic rings. The highest BCUT2D eigenvalue weighted by Gasteiger charge is 2.39. The van der Waals surface area contributed by atoms with Crippen LogP contribution in [0.25, 0.3) is 5.82 Å². The summed E-state index contributed by atoms with van der Waals surface area (Å²) in [6.45, 7) is 7.62. The molecule has 0 radical (unpaired) electrons. The second kappa shape index (κ2) is 8.78. The second-order valence-corrected chi connectivity index (χ2v) is 8.67. The molecule has 4 rings (SSSR count). The Bertz CT molecular complexity index is 1110. The van der Waals surface area contributed by atoms with Gasteiger partial charge in [0.25, 0.3) is 5.91 Å². The fourth-order valence-electron chi connectivity index (χ4n) is 4.39. The summed E-state index contributed by atoms with van der Waals surface area (Å²) in [5.41, 5.74) is 1.05. The summed E-state index contributed by atoms with van der Waals surface area (Å²) < 4.78 is 29.3. The van der Waals surface area contributed by atoms with Gasteiger partial charge in [-0.05, 0) is 76.5 Å². The van der Waals surface area contributed by atoms with Gasteiger partial charge in [-0.1, -0.05) is 12.1 Å². The van der Waals surface area contributed by atoms with Crippen LogP contribution in [-0.2, 0) is 0 Å². The van der Waals surface area contributed by atoms with Crippen molar-refractivity contribution in [3.63, 3.8) is 0 Å². The molecular formula is C24H27F2N5O. The Balaban J connectivity index is 1.67. The predicted octanol–water partition coefficient (Wildman–Crippen LogP) is 4.20. The van der Waals surface area contributed by atoms with Gasteiger partial charge in [-0.3, -0.25) is 9.69 Å². The maximum Gasteiger partial charge on any atom is 0.255 e. The van der Waals surface area contributed by atoms with E-state index in [4.69, 9.17) is 0 Å². The molecule has 32 heavy (non-hydrogen) atoms. The Morgan fingerprint density at radius 3 is 2.53 bits per heavy atom. The van der Waals surface area contributed by atoms with E-state index in [0.29, 0.717) is 22.6 Å². The number of amides is 1. The number of aromatic nitrogens is 3. The van der Waals surface area contributed by atoms with Gasteiger partial charge in [0, 0.05) is 11.7 Å². The molecule has 1 aliphatic rings. The van der Waals surface area contributed by atoms with Crippen LogP contribution in [0.15, 0.2) is 48.8 Å². The fraction of sp³-hybridized carbons (Fsp3) is 0.375. The minimum absolute atomic E-state index is 0.327. The lowest BCUT2D eigenvalue weighted by molar-refractivity contribution is 0.0777. The van der Waals surface area contributed by atoms with Crippen molar-refractivity contribution >= 4 is 5.91 Å². The Morgan fingerprint density at radius 1 is 1.12 bits per heavy atom. The topological polar surface area (TPSA) is 63.1 Å². The quantitative estimate of drug-likeness (QED) is 0.625. The summed E-state index contributed by atoms with van der Waals surface area (Å²) in [6.07, 6.45) is 5.30. The van der Waals surface area contributed by atoms with Crippen LogP contribution in [0.1, 0.15) is 54.3 Å². The van der Waals surface area contributed by atoms with Gasteiger partial charge in [-0.25, -0.2) is 18.4 Å². The number of pyridine rings is 1. The summed E-state index contributed by atoms with van der Waals surface area (Å²) >= 11 is 0. The van der Waals surface area contributed by atoms with Crippen molar-refractivity contribution in [3.05, 3.63) is 77.2 Å². The highest BCUT2D eigenvalue weighted by molar-refractivity contribution is 5.95. The first kappa shape index (κ1) is 22.1. The van der Waals surface area contributed by atoms with E-state index in [1.54, 1.807) is 17.8 Å². The molecular weight excluding hydrogens is 412 g/mol. The van der Waals surface area contributed by atoms with E-state index in [1.807, 2.05) is 32.0 Å². The van der Waals surface area contributed by atoms with Crippen molar-refractivity contribution in [1.82, 2.24) is 25.0 Å². The lowest BCUT2D eigenvalue weighted by Gasteiger charge is -2.42. The number of nitrogens with zero attached hydrogens (tertiary/aromatic N) is 4. The molecule has 0 unspecified atom stereocenters. The summed E-state index contributed by atoms with van der Waals surface area (Å²) in [6, 6.07) is 8.72. The number of likely N-dealkylation sites (tertiary alicyclic amines) is 1. The first-order valence-electron chi connectivity index (χ1n) is 10.8. The lowest BCUT2D eigenvalue weighted by atomic mass is 9.86. The smallest absolute Gasteiger partial charge is 0.255 e. The van der Waals surface area contributed by atoms with Gasteiger partial charge in [0.1, 0.15) is 0 Å². The molecule has 6 nitrogen and oxygen atoms in total. The van der Waals surface area contributed by atoms with Gasteiger partial charge in [-0.2, -0.15) is 5.10 Å². The Morgan fingerprint density at radius 2 is 1.88 bits per heavy atom. The third-order valence-corrected chi connectivity index (χ3v) is 6.30. The zero-order chi connectivity index (χ0) is 22.9. The van der Waals surface area contributed by atoms with E-state index in [1.165, 1.54) is 18.3 Å². The predicted molar refractivity (Wildman–Crippen MR) is 118 cm³/mol. The van der Waals surface area contributed by atoms with Gasteiger partial charge in [0.2, 0.25) is 0 Å². The molecule has 8 heteroatoms. The van der Waals surface area contributed by atoms with Crippen LogP contribution >= 0.6 is 0 Å². The molecule has 168 valence electrons. The Hall–Kier alpha value is -3.13. The largest absolute Gasteiger partial charge is 0.343 e. The zero-order valence-corrected chi connectivity index (χ0v) is 18.5. The van der Waals surface area contributed by atoms with Crippen molar-refractivity contribution in [1.29, 1.82) is 0 Å². The molecule has 0 spiro atoms. The summed E-state index contributed by atoms with van der Waals surface area (Å²) in [5, 5.41) is 7.40. The maximum atomic E-state index is 14.1. The molecule has 0 aliphatic carbocycles. The van der Waals surface area contributed by atoms with Crippen molar-refractivity contribution in [2.24, 2.45) is 0 Å². The highest BCUT2D eigenvalue weighted by Crippen LogP contribution is 2.34.